The summed E-state index contributed by atoms with van der Waals surface area (Å²) < 4.78 is 10.7. The number of ether oxygens (including phenoxy) is 2. The Bertz CT molecular complexity index is 418. The van der Waals surface area contributed by atoms with E-state index in [2.05, 4.69) is 5.32 Å². The van der Waals surface area contributed by atoms with Gasteiger partial charge in [0, 0.05) is 6.04 Å². The molecule has 18 heavy (non-hydrogen) atoms. The van der Waals surface area contributed by atoms with Gasteiger partial charge in [-0.15, -0.1) is 0 Å². The van der Waals surface area contributed by atoms with E-state index in [1.165, 1.54) is 11.1 Å². The maximum atomic E-state index is 9.56. The van der Waals surface area contributed by atoms with Crippen molar-refractivity contribution in [1.82, 2.24) is 5.32 Å². The zero-order valence-electron chi connectivity index (χ0n) is 11.2. The molecule has 2 atom stereocenters. The van der Waals surface area contributed by atoms with Crippen LogP contribution in [-0.2, 0) is 6.42 Å². The maximum absolute atomic E-state index is 9.56. The van der Waals surface area contributed by atoms with Crippen molar-refractivity contribution in [2.75, 3.05) is 20.8 Å². The predicted molar refractivity (Wildman–Crippen MR) is 70.3 cm³/mol. The van der Waals surface area contributed by atoms with Gasteiger partial charge < -0.3 is 19.9 Å². The molecule has 2 N–H and O–H groups in total. The third-order valence-electron chi connectivity index (χ3n) is 3.38. The van der Waals surface area contributed by atoms with Gasteiger partial charge in [0.15, 0.2) is 11.5 Å². The lowest BCUT2D eigenvalue weighted by molar-refractivity contribution is 0.166. The molecule has 0 aromatic heterocycles. The van der Waals surface area contributed by atoms with Crippen molar-refractivity contribution in [3.8, 4) is 11.5 Å². The van der Waals surface area contributed by atoms with Gasteiger partial charge >= 0.3 is 0 Å². The van der Waals surface area contributed by atoms with Gasteiger partial charge in [0.2, 0.25) is 0 Å². The van der Waals surface area contributed by atoms with Crippen LogP contribution in [0.5, 0.6) is 11.5 Å². The lowest BCUT2D eigenvalue weighted by Crippen LogP contribution is -2.31. The number of hydrogen-bond acceptors (Lipinski definition) is 4. The summed E-state index contributed by atoms with van der Waals surface area (Å²) in [5.74, 6) is 1.52. The molecule has 0 bridgehead atoms. The van der Waals surface area contributed by atoms with Crippen LogP contribution >= 0.6 is 0 Å². The van der Waals surface area contributed by atoms with Gasteiger partial charge in [-0.25, -0.2) is 0 Å². The van der Waals surface area contributed by atoms with Gasteiger partial charge in [-0.2, -0.15) is 0 Å². The molecule has 0 fully saturated rings. The highest BCUT2D eigenvalue weighted by atomic mass is 16.5. The summed E-state index contributed by atoms with van der Waals surface area (Å²) in [4.78, 5) is 0. The van der Waals surface area contributed by atoms with E-state index in [1.54, 1.807) is 14.2 Å². The van der Waals surface area contributed by atoms with E-state index in [4.69, 9.17) is 9.47 Å². The second-order valence-corrected chi connectivity index (χ2v) is 4.75. The molecule has 0 saturated heterocycles. The van der Waals surface area contributed by atoms with Crippen LogP contribution in [0, 0.1) is 0 Å². The van der Waals surface area contributed by atoms with Crippen LogP contribution in [0.3, 0.4) is 0 Å². The molecule has 100 valence electrons. The average Bonchev–Trinajstić information content (AvgIpc) is 2.37. The Morgan fingerprint density at radius 2 is 2.00 bits per heavy atom. The fraction of sp³-hybridized carbons (Fsp3) is 0.571. The van der Waals surface area contributed by atoms with Crippen LogP contribution < -0.4 is 14.8 Å². The number of hydrogen-bond donors (Lipinski definition) is 2. The van der Waals surface area contributed by atoms with Crippen molar-refractivity contribution < 1.29 is 14.6 Å². The van der Waals surface area contributed by atoms with Gasteiger partial charge in [-0.05, 0) is 49.6 Å². The minimum Gasteiger partial charge on any atom is -0.493 e. The molecule has 4 heteroatoms. The van der Waals surface area contributed by atoms with E-state index in [1.807, 2.05) is 19.1 Å². The van der Waals surface area contributed by atoms with E-state index in [0.717, 1.165) is 24.5 Å². The summed E-state index contributed by atoms with van der Waals surface area (Å²) in [7, 11) is 3.29. The number of aliphatic hydroxyl groups excluding tert-OH is 1. The van der Waals surface area contributed by atoms with Crippen molar-refractivity contribution in [3.05, 3.63) is 23.3 Å². The van der Waals surface area contributed by atoms with E-state index >= 15 is 0 Å². The Labute approximate surface area is 108 Å². The normalized spacial score (nSPS) is 20.1. The molecular weight excluding hydrogens is 230 g/mol. The largest absolute Gasteiger partial charge is 0.493 e. The molecule has 1 aliphatic heterocycles. The van der Waals surface area contributed by atoms with Crippen LogP contribution in [-0.4, -0.2) is 32.0 Å². The molecule has 1 heterocycles. The second kappa shape index (κ2) is 5.59. The molecule has 1 aliphatic rings. The molecule has 4 nitrogen and oxygen atoms in total. The molecule has 0 saturated carbocycles. The Morgan fingerprint density at radius 1 is 1.33 bits per heavy atom. The van der Waals surface area contributed by atoms with Crippen molar-refractivity contribution in [3.63, 3.8) is 0 Å². The first-order valence-electron chi connectivity index (χ1n) is 6.32. The standard InChI is InChI=1S/C14H21NO3/c1-9(16)6-12-11-8-14(18-3)13(17-2)7-10(11)4-5-15-12/h7-9,12,15-16H,4-6H2,1-3H3/t9-,12+/m0/s1. The van der Waals surface area contributed by atoms with Gasteiger partial charge in [0.05, 0.1) is 20.3 Å². The highest BCUT2D eigenvalue weighted by Crippen LogP contribution is 2.36. The number of rotatable bonds is 4. The van der Waals surface area contributed by atoms with Crippen LogP contribution in [0.25, 0.3) is 0 Å². The zero-order valence-corrected chi connectivity index (χ0v) is 11.2. The lowest BCUT2D eigenvalue weighted by Gasteiger charge is -2.29. The highest BCUT2D eigenvalue weighted by molar-refractivity contribution is 5.49. The molecule has 2 rings (SSSR count). The molecule has 0 aliphatic carbocycles. The van der Waals surface area contributed by atoms with Crippen LogP contribution in [0.4, 0.5) is 0 Å². The third-order valence-corrected chi connectivity index (χ3v) is 3.38. The van der Waals surface area contributed by atoms with E-state index in [9.17, 15) is 5.11 Å². The van der Waals surface area contributed by atoms with E-state index in [0.29, 0.717) is 6.42 Å². The second-order valence-electron chi connectivity index (χ2n) is 4.75. The minimum atomic E-state index is -0.318. The number of benzene rings is 1. The van der Waals surface area contributed by atoms with Crippen molar-refractivity contribution in [1.29, 1.82) is 0 Å². The third kappa shape index (κ3) is 2.60. The number of fused-ring (bicyclic) bond motifs is 1. The van der Waals surface area contributed by atoms with E-state index in [-0.39, 0.29) is 12.1 Å². The molecular formula is C14H21NO3. The summed E-state index contributed by atoms with van der Waals surface area (Å²) in [5, 5.41) is 13.0. The highest BCUT2D eigenvalue weighted by Gasteiger charge is 2.23. The van der Waals surface area contributed by atoms with Crippen LogP contribution in [0.2, 0.25) is 0 Å². The fourth-order valence-electron chi connectivity index (χ4n) is 2.52. The molecule has 0 spiro atoms. The average molecular weight is 251 g/mol. The quantitative estimate of drug-likeness (QED) is 0.854. The molecule has 1 aromatic rings. The zero-order chi connectivity index (χ0) is 13.1. The Hall–Kier alpha value is -1.26. The van der Waals surface area contributed by atoms with Gasteiger partial charge in [0.1, 0.15) is 0 Å². The van der Waals surface area contributed by atoms with Crippen LogP contribution in [0.15, 0.2) is 12.1 Å². The molecule has 1 aromatic carbocycles. The van der Waals surface area contributed by atoms with Crippen molar-refractivity contribution in [2.24, 2.45) is 0 Å². The number of methoxy groups -OCH3 is 2. The van der Waals surface area contributed by atoms with Gasteiger partial charge in [-0.3, -0.25) is 0 Å². The Kier molecular flexibility index (Phi) is 4.09. The topological polar surface area (TPSA) is 50.7 Å². The minimum absolute atomic E-state index is 0.188. The number of aliphatic hydroxyl groups is 1. The van der Waals surface area contributed by atoms with Gasteiger partial charge in [-0.1, -0.05) is 0 Å². The first-order valence-corrected chi connectivity index (χ1v) is 6.32. The van der Waals surface area contributed by atoms with Crippen molar-refractivity contribution in [2.45, 2.75) is 31.9 Å². The Morgan fingerprint density at radius 3 is 2.61 bits per heavy atom. The maximum Gasteiger partial charge on any atom is 0.161 e. The van der Waals surface area contributed by atoms with E-state index < -0.39 is 0 Å². The van der Waals surface area contributed by atoms with Crippen LogP contribution in [0.1, 0.15) is 30.5 Å². The SMILES string of the molecule is COc1cc2c(cc1OC)[C@@H](C[C@H](C)O)NCC2. The molecule has 0 unspecified atom stereocenters. The van der Waals surface area contributed by atoms with Gasteiger partial charge in [0.25, 0.3) is 0 Å². The summed E-state index contributed by atoms with van der Waals surface area (Å²) in [6.07, 6.45) is 1.37. The summed E-state index contributed by atoms with van der Waals surface area (Å²) in [6.45, 7) is 2.75. The Balaban J connectivity index is 2.37. The summed E-state index contributed by atoms with van der Waals surface area (Å²) >= 11 is 0. The lowest BCUT2D eigenvalue weighted by atomic mass is 9.90. The first-order chi connectivity index (χ1) is 8.65. The fourth-order valence-corrected chi connectivity index (χ4v) is 2.52. The number of nitrogens with one attached hydrogen (secondary N) is 1. The predicted octanol–water partition coefficient (Wildman–Crippen LogP) is 1.66. The molecule has 0 radical (unpaired) electrons. The summed E-state index contributed by atoms with van der Waals surface area (Å²) in [5.41, 5.74) is 2.48. The smallest absolute Gasteiger partial charge is 0.161 e. The summed E-state index contributed by atoms with van der Waals surface area (Å²) in [6, 6.07) is 4.26. The first kappa shape index (κ1) is 13.2. The molecule has 0 amide bonds. The van der Waals surface area contributed by atoms with Crippen molar-refractivity contribution >= 4 is 0 Å². The monoisotopic (exact) mass is 251 g/mol.